The van der Waals surface area contributed by atoms with Gasteiger partial charge in [-0.15, -0.1) is 0 Å². The average molecular weight is 237 g/mol. The fourth-order valence-corrected chi connectivity index (χ4v) is 2.65. The highest BCUT2D eigenvalue weighted by Crippen LogP contribution is 2.30. The quantitative estimate of drug-likeness (QED) is 0.846. The number of hydrogen-bond acceptors (Lipinski definition) is 3. The van der Waals surface area contributed by atoms with E-state index >= 15 is 0 Å². The molecule has 0 spiro atoms. The molecule has 0 radical (unpaired) electrons. The molecule has 1 aromatic rings. The van der Waals surface area contributed by atoms with Crippen LogP contribution in [0.15, 0.2) is 6.20 Å². The summed E-state index contributed by atoms with van der Waals surface area (Å²) in [6, 6.07) is 0.395. The van der Waals surface area contributed by atoms with Gasteiger partial charge in [0, 0.05) is 37.4 Å². The first-order valence-electron chi connectivity index (χ1n) is 6.59. The maximum atomic E-state index is 5.52. The average Bonchev–Trinajstić information content (AvgIpc) is 2.94. The van der Waals surface area contributed by atoms with Gasteiger partial charge in [-0.05, 0) is 19.4 Å². The topological polar surface area (TPSA) is 39.1 Å². The smallest absolute Gasteiger partial charge is 0.0669 e. The Hall–Kier alpha value is -0.870. The lowest BCUT2D eigenvalue weighted by atomic mass is 9.92. The van der Waals surface area contributed by atoms with Gasteiger partial charge in [-0.3, -0.25) is 4.68 Å². The second kappa shape index (κ2) is 5.65. The second-order valence-corrected chi connectivity index (χ2v) is 4.72. The molecule has 1 aliphatic rings. The van der Waals surface area contributed by atoms with Gasteiger partial charge in [-0.2, -0.15) is 5.10 Å². The third-order valence-corrected chi connectivity index (χ3v) is 3.47. The van der Waals surface area contributed by atoms with Gasteiger partial charge in [0.25, 0.3) is 0 Å². The highest BCUT2D eigenvalue weighted by atomic mass is 16.5. The SMILES string of the molecule is CCNC(c1cn(C)nc1CC)C1CCOC1. The van der Waals surface area contributed by atoms with Crippen molar-refractivity contribution < 1.29 is 4.74 Å². The lowest BCUT2D eigenvalue weighted by molar-refractivity contribution is 0.177. The first-order valence-corrected chi connectivity index (χ1v) is 6.59. The van der Waals surface area contributed by atoms with Crippen LogP contribution in [0.4, 0.5) is 0 Å². The molecule has 2 rings (SSSR count). The molecule has 1 N–H and O–H groups in total. The zero-order valence-corrected chi connectivity index (χ0v) is 11.1. The zero-order chi connectivity index (χ0) is 12.3. The Morgan fingerprint density at radius 3 is 3.00 bits per heavy atom. The molecule has 0 bridgehead atoms. The number of ether oxygens (including phenoxy) is 1. The van der Waals surface area contributed by atoms with Crippen molar-refractivity contribution in [1.29, 1.82) is 0 Å². The predicted molar refractivity (Wildman–Crippen MR) is 67.9 cm³/mol. The van der Waals surface area contributed by atoms with Crippen molar-refractivity contribution in [2.75, 3.05) is 19.8 Å². The molecule has 1 aromatic heterocycles. The lowest BCUT2D eigenvalue weighted by Gasteiger charge is -2.23. The minimum atomic E-state index is 0.395. The molecular weight excluding hydrogens is 214 g/mol. The summed E-state index contributed by atoms with van der Waals surface area (Å²) in [5.74, 6) is 0.587. The largest absolute Gasteiger partial charge is 0.381 e. The number of nitrogens with zero attached hydrogens (tertiary/aromatic N) is 2. The Balaban J connectivity index is 2.23. The van der Waals surface area contributed by atoms with Crippen molar-refractivity contribution in [3.8, 4) is 0 Å². The number of hydrogen-bond donors (Lipinski definition) is 1. The van der Waals surface area contributed by atoms with E-state index in [1.54, 1.807) is 0 Å². The molecule has 1 fully saturated rings. The van der Waals surface area contributed by atoms with E-state index in [1.165, 1.54) is 11.3 Å². The third-order valence-electron chi connectivity index (χ3n) is 3.47. The second-order valence-electron chi connectivity index (χ2n) is 4.72. The van der Waals surface area contributed by atoms with Crippen LogP contribution in [-0.4, -0.2) is 29.5 Å². The molecule has 1 saturated heterocycles. The summed E-state index contributed by atoms with van der Waals surface area (Å²) in [5, 5.41) is 8.14. The van der Waals surface area contributed by atoms with Gasteiger partial charge in [0.15, 0.2) is 0 Å². The number of nitrogens with one attached hydrogen (secondary N) is 1. The molecule has 0 aromatic carbocycles. The molecular formula is C13H23N3O. The number of rotatable bonds is 5. The van der Waals surface area contributed by atoms with Crippen LogP contribution in [0.5, 0.6) is 0 Å². The van der Waals surface area contributed by atoms with Crippen molar-refractivity contribution in [3.05, 3.63) is 17.5 Å². The summed E-state index contributed by atoms with van der Waals surface area (Å²) in [5.41, 5.74) is 2.57. The Kier molecular flexibility index (Phi) is 4.18. The van der Waals surface area contributed by atoms with Gasteiger partial charge < -0.3 is 10.1 Å². The maximum Gasteiger partial charge on any atom is 0.0669 e. The first kappa shape index (κ1) is 12.6. The van der Waals surface area contributed by atoms with Crippen molar-refractivity contribution >= 4 is 0 Å². The summed E-state index contributed by atoms with van der Waals surface area (Å²) in [4.78, 5) is 0. The van der Waals surface area contributed by atoms with Crippen LogP contribution in [0.2, 0.25) is 0 Å². The summed E-state index contributed by atoms with van der Waals surface area (Å²) >= 11 is 0. The molecule has 17 heavy (non-hydrogen) atoms. The van der Waals surface area contributed by atoms with E-state index in [0.717, 1.165) is 32.6 Å². The van der Waals surface area contributed by atoms with Crippen molar-refractivity contribution in [3.63, 3.8) is 0 Å². The van der Waals surface area contributed by atoms with Gasteiger partial charge in [-0.25, -0.2) is 0 Å². The number of aryl methyl sites for hydroxylation is 2. The summed E-state index contributed by atoms with van der Waals surface area (Å²) in [7, 11) is 2.00. The summed E-state index contributed by atoms with van der Waals surface area (Å²) < 4.78 is 7.44. The fourth-order valence-electron chi connectivity index (χ4n) is 2.65. The molecule has 2 unspecified atom stereocenters. The van der Waals surface area contributed by atoms with Gasteiger partial charge >= 0.3 is 0 Å². The molecule has 4 nitrogen and oxygen atoms in total. The van der Waals surface area contributed by atoms with Crippen LogP contribution >= 0.6 is 0 Å². The van der Waals surface area contributed by atoms with Crippen molar-refractivity contribution in [1.82, 2.24) is 15.1 Å². The van der Waals surface area contributed by atoms with Crippen molar-refractivity contribution in [2.45, 2.75) is 32.7 Å². The molecule has 0 aliphatic carbocycles. The van der Waals surface area contributed by atoms with Crippen molar-refractivity contribution in [2.24, 2.45) is 13.0 Å². The van der Waals surface area contributed by atoms with E-state index < -0.39 is 0 Å². The third kappa shape index (κ3) is 2.69. The Labute approximate surface area is 103 Å². The van der Waals surface area contributed by atoms with Gasteiger partial charge in [0.05, 0.1) is 12.3 Å². The Morgan fingerprint density at radius 1 is 1.59 bits per heavy atom. The van der Waals surface area contributed by atoms with Gasteiger partial charge in [0.2, 0.25) is 0 Å². The molecule has 4 heteroatoms. The summed E-state index contributed by atoms with van der Waals surface area (Å²) in [6.45, 7) is 7.08. The highest BCUT2D eigenvalue weighted by molar-refractivity contribution is 5.22. The maximum absolute atomic E-state index is 5.52. The van der Waals surface area contributed by atoms with Crippen LogP contribution in [0.25, 0.3) is 0 Å². The molecule has 0 amide bonds. The van der Waals surface area contributed by atoms with Crippen LogP contribution in [0.1, 0.15) is 37.6 Å². The van der Waals surface area contributed by atoms with E-state index in [0.29, 0.717) is 12.0 Å². The molecule has 1 aliphatic heterocycles. The van der Waals surface area contributed by atoms with Crippen LogP contribution in [-0.2, 0) is 18.2 Å². The van der Waals surface area contributed by atoms with E-state index in [1.807, 2.05) is 11.7 Å². The van der Waals surface area contributed by atoms with E-state index in [-0.39, 0.29) is 0 Å². The van der Waals surface area contributed by atoms with E-state index in [4.69, 9.17) is 4.74 Å². The molecule has 2 atom stereocenters. The Morgan fingerprint density at radius 2 is 2.41 bits per heavy atom. The zero-order valence-electron chi connectivity index (χ0n) is 11.1. The molecule has 2 heterocycles. The van der Waals surface area contributed by atoms with Gasteiger partial charge in [-0.1, -0.05) is 13.8 Å². The number of aromatic nitrogens is 2. The van der Waals surface area contributed by atoms with Crippen LogP contribution in [0, 0.1) is 5.92 Å². The minimum absolute atomic E-state index is 0.395. The standard InChI is InChI=1S/C13H23N3O/c1-4-12-11(8-16(3)15-12)13(14-5-2)10-6-7-17-9-10/h8,10,13-14H,4-7,9H2,1-3H3. The highest BCUT2D eigenvalue weighted by Gasteiger charge is 2.29. The van der Waals surface area contributed by atoms with E-state index in [2.05, 4.69) is 30.5 Å². The van der Waals surface area contributed by atoms with Crippen LogP contribution < -0.4 is 5.32 Å². The van der Waals surface area contributed by atoms with Gasteiger partial charge in [0.1, 0.15) is 0 Å². The minimum Gasteiger partial charge on any atom is -0.381 e. The first-order chi connectivity index (χ1) is 8.26. The summed E-state index contributed by atoms with van der Waals surface area (Å²) in [6.07, 6.45) is 4.30. The normalized spacial score (nSPS) is 21.9. The molecule has 0 saturated carbocycles. The monoisotopic (exact) mass is 237 g/mol. The Bertz CT molecular complexity index is 356. The molecule has 96 valence electrons. The lowest BCUT2D eigenvalue weighted by Crippen LogP contribution is -2.29. The van der Waals surface area contributed by atoms with E-state index in [9.17, 15) is 0 Å². The van der Waals surface area contributed by atoms with Crippen LogP contribution in [0.3, 0.4) is 0 Å². The fraction of sp³-hybridized carbons (Fsp3) is 0.769. The predicted octanol–water partition coefficient (Wildman–Crippen LogP) is 1.67.